The van der Waals surface area contributed by atoms with Crippen LogP contribution in [0.25, 0.3) is 0 Å². The molecule has 7 heteroatoms. The number of benzene rings is 1. The van der Waals surface area contributed by atoms with E-state index < -0.39 is 10.0 Å². The van der Waals surface area contributed by atoms with Crippen molar-refractivity contribution >= 4 is 15.7 Å². The molecular weight excluding hydrogens is 290 g/mol. The molecule has 6 nitrogen and oxygen atoms in total. The van der Waals surface area contributed by atoms with E-state index in [1.807, 2.05) is 0 Å². The summed E-state index contributed by atoms with van der Waals surface area (Å²) in [6.45, 7) is 0.470. The third-order valence-electron chi connectivity index (χ3n) is 2.83. The first-order valence-corrected chi connectivity index (χ1v) is 7.80. The molecule has 1 aromatic heterocycles. The van der Waals surface area contributed by atoms with Crippen LogP contribution in [0.5, 0.6) is 5.88 Å². The lowest BCUT2D eigenvalue weighted by molar-refractivity contribution is 0.398. The SMILES string of the molecule is CNCc1ccccc1S(=O)(=O)Nc1ccc(OC)nc1. The predicted octanol–water partition coefficient (Wildman–Crippen LogP) is 1.61. The van der Waals surface area contributed by atoms with Crippen LogP contribution in [-0.2, 0) is 16.6 Å². The molecule has 0 amide bonds. The Morgan fingerprint density at radius 3 is 2.57 bits per heavy atom. The minimum atomic E-state index is -3.66. The van der Waals surface area contributed by atoms with Crippen molar-refractivity contribution in [2.24, 2.45) is 0 Å². The van der Waals surface area contributed by atoms with Crippen molar-refractivity contribution in [2.75, 3.05) is 18.9 Å². The number of hydrogen-bond donors (Lipinski definition) is 2. The molecule has 0 aliphatic carbocycles. The number of aromatic nitrogens is 1. The lowest BCUT2D eigenvalue weighted by Gasteiger charge is -2.12. The molecule has 0 atom stereocenters. The number of pyridine rings is 1. The molecule has 0 aliphatic rings. The summed E-state index contributed by atoms with van der Waals surface area (Å²) >= 11 is 0. The van der Waals surface area contributed by atoms with Crippen LogP contribution in [0.4, 0.5) is 5.69 Å². The molecule has 0 aliphatic heterocycles. The van der Waals surface area contributed by atoms with E-state index in [2.05, 4.69) is 15.0 Å². The lowest BCUT2D eigenvalue weighted by atomic mass is 10.2. The van der Waals surface area contributed by atoms with Crippen molar-refractivity contribution in [3.63, 3.8) is 0 Å². The van der Waals surface area contributed by atoms with Crippen LogP contribution in [-0.4, -0.2) is 27.6 Å². The second-order valence-electron chi connectivity index (χ2n) is 4.33. The Balaban J connectivity index is 2.29. The first kappa shape index (κ1) is 15.3. The normalized spacial score (nSPS) is 11.1. The van der Waals surface area contributed by atoms with E-state index in [1.165, 1.54) is 13.3 Å². The van der Waals surface area contributed by atoms with Crippen molar-refractivity contribution < 1.29 is 13.2 Å². The summed E-state index contributed by atoms with van der Waals surface area (Å²) in [5.41, 5.74) is 1.09. The van der Waals surface area contributed by atoms with Crippen LogP contribution in [0.2, 0.25) is 0 Å². The minimum Gasteiger partial charge on any atom is -0.481 e. The highest BCUT2D eigenvalue weighted by Crippen LogP contribution is 2.20. The summed E-state index contributed by atoms with van der Waals surface area (Å²) in [7, 11) is -0.388. The zero-order valence-electron chi connectivity index (χ0n) is 11.8. The van der Waals surface area contributed by atoms with Crippen LogP contribution in [0.15, 0.2) is 47.5 Å². The minimum absolute atomic E-state index is 0.246. The number of rotatable bonds is 6. The number of nitrogens with one attached hydrogen (secondary N) is 2. The molecule has 0 bridgehead atoms. The summed E-state index contributed by atoms with van der Waals surface area (Å²) < 4.78 is 32.4. The Hall–Kier alpha value is -2.12. The maximum Gasteiger partial charge on any atom is 0.262 e. The molecule has 1 aromatic carbocycles. The summed E-state index contributed by atoms with van der Waals surface area (Å²) in [4.78, 5) is 4.22. The van der Waals surface area contributed by atoms with Gasteiger partial charge in [0.2, 0.25) is 5.88 Å². The summed E-state index contributed by atoms with van der Waals surface area (Å²) in [6, 6.07) is 10.0. The molecule has 1 heterocycles. The molecule has 2 N–H and O–H groups in total. The van der Waals surface area contributed by atoms with Gasteiger partial charge in [-0.2, -0.15) is 0 Å². The van der Waals surface area contributed by atoms with Gasteiger partial charge in [-0.15, -0.1) is 0 Å². The van der Waals surface area contributed by atoms with Gasteiger partial charge in [0.1, 0.15) is 0 Å². The van der Waals surface area contributed by atoms with Crippen LogP contribution < -0.4 is 14.8 Å². The van der Waals surface area contributed by atoms with Gasteiger partial charge in [-0.3, -0.25) is 4.72 Å². The van der Waals surface area contributed by atoms with Gasteiger partial charge in [0.25, 0.3) is 10.0 Å². The first-order chi connectivity index (χ1) is 10.1. The third kappa shape index (κ3) is 3.71. The molecule has 0 radical (unpaired) electrons. The maximum atomic E-state index is 12.5. The third-order valence-corrected chi connectivity index (χ3v) is 4.31. The fourth-order valence-electron chi connectivity index (χ4n) is 1.87. The van der Waals surface area contributed by atoms with Crippen molar-refractivity contribution in [3.8, 4) is 5.88 Å². The predicted molar refractivity (Wildman–Crippen MR) is 80.8 cm³/mol. The molecule has 0 unspecified atom stereocenters. The molecular formula is C14H17N3O3S. The lowest BCUT2D eigenvalue weighted by Crippen LogP contribution is -2.17. The largest absolute Gasteiger partial charge is 0.481 e. The molecule has 0 fully saturated rings. The van der Waals surface area contributed by atoms with Crippen LogP contribution in [0.3, 0.4) is 0 Å². The molecule has 0 spiro atoms. The monoisotopic (exact) mass is 307 g/mol. The summed E-state index contributed by atoms with van der Waals surface area (Å²) in [5, 5.41) is 2.95. The van der Waals surface area contributed by atoms with Crippen molar-refractivity contribution in [1.82, 2.24) is 10.3 Å². The molecule has 2 rings (SSSR count). The van der Waals surface area contributed by atoms with Crippen LogP contribution >= 0.6 is 0 Å². The summed E-state index contributed by atoms with van der Waals surface area (Å²) in [5.74, 6) is 0.425. The van der Waals surface area contributed by atoms with Crippen molar-refractivity contribution in [1.29, 1.82) is 0 Å². The fraction of sp³-hybridized carbons (Fsp3) is 0.214. The maximum absolute atomic E-state index is 12.5. The Morgan fingerprint density at radius 2 is 1.95 bits per heavy atom. The van der Waals surface area contributed by atoms with Gasteiger partial charge in [-0.05, 0) is 24.7 Å². The Labute approximate surface area is 124 Å². The van der Waals surface area contributed by atoms with Crippen molar-refractivity contribution in [3.05, 3.63) is 48.2 Å². The van der Waals surface area contributed by atoms with E-state index in [4.69, 9.17) is 4.74 Å². The van der Waals surface area contributed by atoms with Crippen LogP contribution in [0.1, 0.15) is 5.56 Å². The average Bonchev–Trinajstić information content (AvgIpc) is 2.48. The second kappa shape index (κ2) is 6.55. The number of ether oxygens (including phenoxy) is 1. The smallest absolute Gasteiger partial charge is 0.262 e. The number of anilines is 1. The Morgan fingerprint density at radius 1 is 1.19 bits per heavy atom. The topological polar surface area (TPSA) is 80.3 Å². The fourth-order valence-corrected chi connectivity index (χ4v) is 3.16. The second-order valence-corrected chi connectivity index (χ2v) is 5.98. The number of methoxy groups -OCH3 is 1. The Kier molecular flexibility index (Phi) is 4.77. The molecule has 112 valence electrons. The van der Waals surface area contributed by atoms with Crippen molar-refractivity contribution in [2.45, 2.75) is 11.4 Å². The van der Waals surface area contributed by atoms with Gasteiger partial charge >= 0.3 is 0 Å². The zero-order valence-corrected chi connectivity index (χ0v) is 12.6. The van der Waals surface area contributed by atoms with E-state index >= 15 is 0 Å². The number of nitrogens with zero attached hydrogens (tertiary/aromatic N) is 1. The number of sulfonamides is 1. The highest BCUT2D eigenvalue weighted by Gasteiger charge is 2.18. The average molecular weight is 307 g/mol. The molecule has 0 saturated heterocycles. The Bertz CT molecular complexity index is 700. The first-order valence-electron chi connectivity index (χ1n) is 6.32. The van der Waals surface area contributed by atoms with E-state index in [0.29, 0.717) is 23.7 Å². The summed E-state index contributed by atoms with van der Waals surface area (Å²) in [6.07, 6.45) is 1.41. The van der Waals surface area contributed by atoms with Gasteiger partial charge in [0.15, 0.2) is 0 Å². The zero-order chi connectivity index (χ0) is 15.3. The quantitative estimate of drug-likeness (QED) is 0.847. The van der Waals surface area contributed by atoms with Gasteiger partial charge < -0.3 is 10.1 Å². The van der Waals surface area contributed by atoms with Gasteiger partial charge in [-0.1, -0.05) is 18.2 Å². The van der Waals surface area contributed by atoms with Gasteiger partial charge in [-0.25, -0.2) is 13.4 Å². The highest BCUT2D eigenvalue weighted by molar-refractivity contribution is 7.92. The van der Waals surface area contributed by atoms with E-state index in [-0.39, 0.29) is 4.90 Å². The standard InChI is InChI=1S/C14H17N3O3S/c1-15-9-11-5-3-4-6-13(11)21(18,19)17-12-7-8-14(20-2)16-10-12/h3-8,10,15,17H,9H2,1-2H3. The van der Waals surface area contributed by atoms with E-state index in [1.54, 1.807) is 43.4 Å². The van der Waals surface area contributed by atoms with Crippen LogP contribution in [0, 0.1) is 0 Å². The van der Waals surface area contributed by atoms with E-state index in [9.17, 15) is 8.42 Å². The number of hydrogen-bond acceptors (Lipinski definition) is 5. The van der Waals surface area contributed by atoms with E-state index in [0.717, 1.165) is 0 Å². The molecule has 21 heavy (non-hydrogen) atoms. The van der Waals surface area contributed by atoms with Gasteiger partial charge in [0, 0.05) is 12.6 Å². The highest BCUT2D eigenvalue weighted by atomic mass is 32.2. The molecule has 0 saturated carbocycles. The van der Waals surface area contributed by atoms with Gasteiger partial charge in [0.05, 0.1) is 23.9 Å². The molecule has 2 aromatic rings.